The van der Waals surface area contributed by atoms with Crippen LogP contribution in [-0.4, -0.2) is 30.2 Å². The van der Waals surface area contributed by atoms with Crippen LogP contribution in [0.4, 0.5) is 16.2 Å². The van der Waals surface area contributed by atoms with E-state index >= 15 is 0 Å². The van der Waals surface area contributed by atoms with E-state index in [0.717, 1.165) is 28.1 Å². The Kier molecular flexibility index (Phi) is 5.23. The van der Waals surface area contributed by atoms with Crippen molar-refractivity contribution in [3.05, 3.63) is 59.2 Å². The van der Waals surface area contributed by atoms with E-state index in [4.69, 9.17) is 10.8 Å². The number of aryl methyl sites for hydroxylation is 2. The molecule has 2 aromatic carbocycles. The Labute approximate surface area is 152 Å². The zero-order valence-electron chi connectivity index (χ0n) is 14.8. The van der Waals surface area contributed by atoms with Gasteiger partial charge in [0.2, 0.25) is 0 Å². The molecule has 0 spiro atoms. The molecule has 0 radical (unpaired) electrons. The number of carboxylic acids is 1. The van der Waals surface area contributed by atoms with Gasteiger partial charge in [-0.2, -0.15) is 0 Å². The molecule has 1 aliphatic heterocycles. The molecule has 6 nitrogen and oxygen atoms in total. The van der Waals surface area contributed by atoms with Crippen molar-refractivity contribution in [3.8, 4) is 0 Å². The minimum Gasteiger partial charge on any atom is -0.481 e. The predicted octanol–water partition coefficient (Wildman–Crippen LogP) is 2.92. The van der Waals surface area contributed by atoms with E-state index in [-0.39, 0.29) is 12.5 Å². The zero-order chi connectivity index (χ0) is 18.7. The quantitative estimate of drug-likeness (QED) is 0.836. The Morgan fingerprint density at radius 2 is 1.73 bits per heavy atom. The maximum atomic E-state index is 12.9. The summed E-state index contributed by atoms with van der Waals surface area (Å²) < 4.78 is 0. The molecule has 0 atom stereocenters. The molecular weight excluding hydrogens is 330 g/mol. The van der Waals surface area contributed by atoms with Crippen molar-refractivity contribution >= 4 is 23.4 Å². The Bertz CT molecular complexity index is 818. The Morgan fingerprint density at radius 3 is 2.35 bits per heavy atom. The van der Waals surface area contributed by atoms with Gasteiger partial charge < -0.3 is 10.8 Å². The van der Waals surface area contributed by atoms with Crippen molar-refractivity contribution in [1.29, 1.82) is 0 Å². The number of carbonyl (C=O) groups is 2. The number of carbonyl (C=O) groups excluding carboxylic acids is 1. The Balaban J connectivity index is 1.73. The molecule has 3 rings (SSSR count). The fourth-order valence-corrected chi connectivity index (χ4v) is 3.24. The van der Waals surface area contributed by atoms with E-state index < -0.39 is 5.97 Å². The van der Waals surface area contributed by atoms with Gasteiger partial charge in [-0.15, -0.1) is 0 Å². The average molecular weight is 353 g/mol. The number of rotatable bonds is 6. The average Bonchev–Trinajstić information content (AvgIpc) is 3.01. The van der Waals surface area contributed by atoms with Gasteiger partial charge in [0, 0.05) is 37.4 Å². The van der Waals surface area contributed by atoms with Gasteiger partial charge in [0.25, 0.3) is 0 Å². The third-order valence-corrected chi connectivity index (χ3v) is 4.67. The fourth-order valence-electron chi connectivity index (χ4n) is 3.24. The van der Waals surface area contributed by atoms with Gasteiger partial charge in [0.15, 0.2) is 0 Å². The van der Waals surface area contributed by atoms with Gasteiger partial charge in [-0.1, -0.05) is 24.3 Å². The van der Waals surface area contributed by atoms with E-state index in [0.29, 0.717) is 26.1 Å². The topological polar surface area (TPSA) is 86.9 Å². The molecule has 26 heavy (non-hydrogen) atoms. The van der Waals surface area contributed by atoms with Crippen molar-refractivity contribution in [1.82, 2.24) is 0 Å². The van der Waals surface area contributed by atoms with Crippen LogP contribution < -0.4 is 15.5 Å². The van der Waals surface area contributed by atoms with Crippen LogP contribution in [-0.2, 0) is 17.8 Å². The maximum Gasteiger partial charge on any atom is 0.329 e. The minimum atomic E-state index is -0.810. The van der Waals surface area contributed by atoms with Crippen molar-refractivity contribution in [2.24, 2.45) is 5.73 Å². The summed E-state index contributed by atoms with van der Waals surface area (Å²) in [6.45, 7) is 3.71. The van der Waals surface area contributed by atoms with Crippen LogP contribution in [0.3, 0.4) is 0 Å². The molecule has 1 fully saturated rings. The molecular formula is C20H23N3O3. The van der Waals surface area contributed by atoms with Crippen LogP contribution in [0.1, 0.15) is 23.1 Å². The number of benzene rings is 2. The summed E-state index contributed by atoms with van der Waals surface area (Å²) in [5.41, 5.74) is 10.4. The maximum absolute atomic E-state index is 12.9. The summed E-state index contributed by atoms with van der Waals surface area (Å²) in [6, 6.07) is 13.4. The smallest absolute Gasteiger partial charge is 0.329 e. The molecule has 136 valence electrons. The van der Waals surface area contributed by atoms with E-state index in [1.165, 1.54) is 0 Å². The van der Waals surface area contributed by atoms with Crippen LogP contribution in [0.25, 0.3) is 0 Å². The van der Waals surface area contributed by atoms with Crippen LogP contribution in [0.15, 0.2) is 42.5 Å². The molecule has 2 aromatic rings. The molecule has 0 unspecified atom stereocenters. The summed E-state index contributed by atoms with van der Waals surface area (Å²) >= 11 is 0. The lowest BCUT2D eigenvalue weighted by atomic mass is 10.1. The zero-order valence-corrected chi connectivity index (χ0v) is 14.8. The third kappa shape index (κ3) is 3.70. The Hall–Kier alpha value is -2.86. The SMILES string of the molecule is Cc1cc(CN)ccc1N1CCN(c2ccc(CCC(=O)O)cc2)C1=O. The highest BCUT2D eigenvalue weighted by Crippen LogP contribution is 2.28. The molecule has 2 amide bonds. The van der Waals surface area contributed by atoms with Crippen molar-refractivity contribution in [2.75, 3.05) is 22.9 Å². The summed E-state index contributed by atoms with van der Waals surface area (Å²) in [5.74, 6) is -0.810. The monoisotopic (exact) mass is 353 g/mol. The van der Waals surface area contributed by atoms with Crippen molar-refractivity contribution < 1.29 is 14.7 Å². The first kappa shape index (κ1) is 17.9. The van der Waals surface area contributed by atoms with Crippen molar-refractivity contribution in [2.45, 2.75) is 26.3 Å². The predicted molar refractivity (Wildman–Crippen MR) is 102 cm³/mol. The number of hydrogen-bond acceptors (Lipinski definition) is 3. The molecule has 0 aliphatic carbocycles. The molecule has 1 aliphatic rings. The number of hydrogen-bond donors (Lipinski definition) is 2. The summed E-state index contributed by atoms with van der Waals surface area (Å²) in [7, 11) is 0. The van der Waals surface area contributed by atoms with Gasteiger partial charge in [0.05, 0.1) is 0 Å². The summed E-state index contributed by atoms with van der Waals surface area (Å²) in [6.07, 6.45) is 0.593. The molecule has 1 saturated heterocycles. The molecule has 6 heteroatoms. The first-order chi connectivity index (χ1) is 12.5. The van der Waals surface area contributed by atoms with Crippen LogP contribution in [0.2, 0.25) is 0 Å². The third-order valence-electron chi connectivity index (χ3n) is 4.67. The number of nitrogens with zero attached hydrogens (tertiary/aromatic N) is 2. The molecule has 0 aromatic heterocycles. The largest absolute Gasteiger partial charge is 0.481 e. The lowest BCUT2D eigenvalue weighted by Gasteiger charge is -2.21. The molecule has 0 saturated carbocycles. The molecule has 3 N–H and O–H groups in total. The number of nitrogens with two attached hydrogens (primary N) is 1. The second-order valence-electron chi connectivity index (χ2n) is 6.47. The van der Waals surface area contributed by atoms with E-state index in [1.807, 2.05) is 49.4 Å². The second-order valence-corrected chi connectivity index (χ2v) is 6.47. The standard InChI is InChI=1S/C20H23N3O3/c1-14-12-16(13-21)4-8-18(14)23-11-10-22(20(23)26)17-6-2-15(3-7-17)5-9-19(24)25/h2-4,6-8,12H,5,9-11,13,21H2,1H3,(H,24,25). The Morgan fingerprint density at radius 1 is 1.08 bits per heavy atom. The van der Waals surface area contributed by atoms with Crippen molar-refractivity contribution in [3.63, 3.8) is 0 Å². The fraction of sp³-hybridized carbons (Fsp3) is 0.300. The number of urea groups is 1. The first-order valence-electron chi connectivity index (χ1n) is 8.69. The molecule has 1 heterocycles. The summed E-state index contributed by atoms with van der Waals surface area (Å²) in [5, 5.41) is 8.76. The van der Waals surface area contributed by atoms with E-state index in [9.17, 15) is 9.59 Å². The number of aliphatic carboxylic acids is 1. The highest BCUT2D eigenvalue weighted by molar-refractivity contribution is 6.06. The second kappa shape index (κ2) is 7.58. The number of amides is 2. The first-order valence-corrected chi connectivity index (χ1v) is 8.69. The normalized spacial score (nSPS) is 14.2. The van der Waals surface area contributed by atoms with Crippen LogP contribution in [0.5, 0.6) is 0 Å². The molecule has 0 bridgehead atoms. The lowest BCUT2D eigenvalue weighted by Crippen LogP contribution is -2.32. The highest BCUT2D eigenvalue weighted by atomic mass is 16.4. The van der Waals surface area contributed by atoms with Crippen LogP contribution in [0, 0.1) is 6.92 Å². The van der Waals surface area contributed by atoms with Gasteiger partial charge in [-0.25, -0.2) is 4.79 Å². The summed E-state index contributed by atoms with van der Waals surface area (Å²) in [4.78, 5) is 27.1. The number of anilines is 2. The van der Waals surface area contributed by atoms with Crippen LogP contribution >= 0.6 is 0 Å². The lowest BCUT2D eigenvalue weighted by molar-refractivity contribution is -0.136. The van der Waals surface area contributed by atoms with Gasteiger partial charge in [-0.3, -0.25) is 14.6 Å². The minimum absolute atomic E-state index is 0.0492. The van der Waals surface area contributed by atoms with E-state index in [2.05, 4.69) is 0 Å². The van der Waals surface area contributed by atoms with E-state index in [1.54, 1.807) is 9.80 Å². The van der Waals surface area contributed by atoms with Gasteiger partial charge in [-0.05, 0) is 48.2 Å². The number of carboxylic acid groups (broad SMARTS) is 1. The van der Waals surface area contributed by atoms with Gasteiger partial charge >= 0.3 is 12.0 Å². The van der Waals surface area contributed by atoms with Gasteiger partial charge in [0.1, 0.15) is 0 Å². The highest BCUT2D eigenvalue weighted by Gasteiger charge is 2.31.